The van der Waals surface area contributed by atoms with E-state index in [1.807, 2.05) is 70.2 Å². The van der Waals surface area contributed by atoms with Gasteiger partial charge in [0.2, 0.25) is 0 Å². The highest BCUT2D eigenvalue weighted by atomic mass is 35.5. The van der Waals surface area contributed by atoms with Gasteiger partial charge in [0, 0.05) is 40.9 Å². The number of hydrogen-bond donors (Lipinski definition) is 0. The molecule has 3 heterocycles. The van der Waals surface area contributed by atoms with Gasteiger partial charge in [-0.3, -0.25) is 9.99 Å². The molecule has 6 rings (SSSR count). The Bertz CT molecular complexity index is 1880. The predicted molar refractivity (Wildman–Crippen MR) is 179 cm³/mol. The first-order chi connectivity index (χ1) is 21.4. The second-order valence-electron chi connectivity index (χ2n) is 12.2. The number of fused-ring (bicyclic) bond motifs is 2. The molecule has 3 atom stereocenters. The van der Waals surface area contributed by atoms with Gasteiger partial charge < -0.3 is 9.47 Å². The predicted octanol–water partition coefficient (Wildman–Crippen LogP) is 8.41. The summed E-state index contributed by atoms with van der Waals surface area (Å²) in [5, 5.41) is 7.41. The van der Waals surface area contributed by atoms with Crippen LogP contribution in [0.3, 0.4) is 0 Å². The minimum absolute atomic E-state index is 0.124. The lowest BCUT2D eigenvalue weighted by atomic mass is 9.91. The lowest BCUT2D eigenvalue weighted by Crippen LogP contribution is -2.29. The van der Waals surface area contributed by atoms with Crippen LogP contribution in [-0.4, -0.2) is 52.5 Å². The Morgan fingerprint density at radius 2 is 1.96 bits per heavy atom. The number of esters is 1. The number of benzene rings is 2. The summed E-state index contributed by atoms with van der Waals surface area (Å²) < 4.78 is 28.2. The van der Waals surface area contributed by atoms with E-state index in [0.29, 0.717) is 32.4 Å². The Labute approximate surface area is 271 Å². The minimum Gasteiger partial charge on any atom is -0.464 e. The number of ether oxygens (including phenoxy) is 2. The van der Waals surface area contributed by atoms with Gasteiger partial charge in [0.15, 0.2) is 11.9 Å². The third kappa shape index (κ3) is 6.17. The van der Waals surface area contributed by atoms with Crippen LogP contribution in [0, 0.1) is 18.7 Å². The van der Waals surface area contributed by atoms with E-state index in [2.05, 4.69) is 22.2 Å². The van der Waals surface area contributed by atoms with Gasteiger partial charge in [-0.25, -0.2) is 14.2 Å². The van der Waals surface area contributed by atoms with Gasteiger partial charge in [-0.1, -0.05) is 42.0 Å². The van der Waals surface area contributed by atoms with Crippen molar-refractivity contribution in [2.24, 2.45) is 11.0 Å². The zero-order chi connectivity index (χ0) is 32.0. The van der Waals surface area contributed by atoms with Crippen molar-refractivity contribution in [3.63, 3.8) is 0 Å². The number of aryl methyl sites for hydroxylation is 1. The number of nitrogens with zero attached hydrogens (tertiary/aromatic N) is 4. The number of hydrogen-bond acceptors (Lipinski definition) is 8. The standard InChI is InChI=1S/C35H34ClFN4O3S/c1-7-43-34(42)31(44-35(3,4)5)29-19(2)14-27-32(30(29)20-8-11-23(36)12-9-20)45-33(40-27)24-16-26(38-18-25(24)37)21-10-13-28-22(15-21)17-39-41(28)6/h8-18,22,28,31H,7H2,1-6H3/t22?,28?,31-/m0/s1. The van der Waals surface area contributed by atoms with Gasteiger partial charge in [0.05, 0.1) is 40.4 Å². The molecule has 2 aromatic carbocycles. The van der Waals surface area contributed by atoms with Crippen molar-refractivity contribution in [3.8, 4) is 21.7 Å². The van der Waals surface area contributed by atoms with Gasteiger partial charge in [-0.05, 0) is 75.6 Å². The summed E-state index contributed by atoms with van der Waals surface area (Å²) in [6, 6.07) is 11.3. The number of rotatable bonds is 7. The van der Waals surface area contributed by atoms with E-state index in [0.717, 1.165) is 27.0 Å². The molecule has 4 aromatic rings. The molecule has 0 radical (unpaired) electrons. The van der Waals surface area contributed by atoms with Crippen LogP contribution >= 0.6 is 22.9 Å². The molecule has 0 saturated carbocycles. The first-order valence-corrected chi connectivity index (χ1v) is 16.0. The van der Waals surface area contributed by atoms with E-state index in [4.69, 9.17) is 26.1 Å². The van der Waals surface area contributed by atoms with E-state index < -0.39 is 23.5 Å². The maximum atomic E-state index is 15.5. The lowest BCUT2D eigenvalue weighted by Gasteiger charge is -2.29. The van der Waals surface area contributed by atoms with E-state index in [1.54, 1.807) is 25.1 Å². The fraction of sp³-hybridized carbons (Fsp3) is 0.314. The van der Waals surface area contributed by atoms with Crippen LogP contribution in [0.1, 0.15) is 50.6 Å². The summed E-state index contributed by atoms with van der Waals surface area (Å²) in [6.45, 7) is 9.61. The maximum absolute atomic E-state index is 15.5. The molecular weight excluding hydrogens is 611 g/mol. The third-order valence-corrected chi connectivity index (χ3v) is 9.14. The Morgan fingerprint density at radius 1 is 1.20 bits per heavy atom. The van der Waals surface area contributed by atoms with Crippen LogP contribution in [0.4, 0.5) is 4.39 Å². The van der Waals surface area contributed by atoms with Crippen molar-refractivity contribution in [1.29, 1.82) is 0 Å². The van der Waals surface area contributed by atoms with E-state index in [9.17, 15) is 4.79 Å². The van der Waals surface area contributed by atoms with Gasteiger partial charge in [-0.15, -0.1) is 11.3 Å². The highest BCUT2D eigenvalue weighted by molar-refractivity contribution is 7.22. The molecule has 1 aliphatic carbocycles. The molecular formula is C35H34ClFN4O3S. The zero-order valence-corrected chi connectivity index (χ0v) is 27.5. The number of hydrazone groups is 1. The number of carbonyl (C=O) groups excluding carboxylic acids is 1. The second kappa shape index (κ2) is 12.1. The number of allylic oxidation sites excluding steroid dienone is 2. The minimum atomic E-state index is -0.998. The molecule has 0 N–H and O–H groups in total. The molecule has 10 heteroatoms. The Hall–Kier alpha value is -3.92. The van der Waals surface area contributed by atoms with Gasteiger partial charge in [0.1, 0.15) is 5.01 Å². The number of halogens is 2. The topological polar surface area (TPSA) is 76.9 Å². The molecule has 1 aliphatic heterocycles. The molecule has 232 valence electrons. The van der Waals surface area contributed by atoms with Crippen molar-refractivity contribution < 1.29 is 18.7 Å². The number of likely N-dealkylation sites (N-methyl/N-ethyl adjacent to an activating group) is 1. The second-order valence-corrected chi connectivity index (χ2v) is 13.6. The molecule has 2 aliphatic rings. The summed E-state index contributed by atoms with van der Waals surface area (Å²) in [4.78, 5) is 22.8. The summed E-state index contributed by atoms with van der Waals surface area (Å²) in [7, 11) is 1.95. The smallest absolute Gasteiger partial charge is 0.339 e. The van der Waals surface area contributed by atoms with E-state index in [-0.39, 0.29) is 18.6 Å². The molecule has 0 saturated heterocycles. The van der Waals surface area contributed by atoms with E-state index >= 15 is 4.39 Å². The highest BCUT2D eigenvalue weighted by Gasteiger charge is 2.34. The molecule has 2 unspecified atom stereocenters. The lowest BCUT2D eigenvalue weighted by molar-refractivity contribution is -0.166. The van der Waals surface area contributed by atoms with Crippen LogP contribution in [0.2, 0.25) is 5.02 Å². The van der Waals surface area contributed by atoms with Crippen molar-refractivity contribution in [2.75, 3.05) is 13.7 Å². The van der Waals surface area contributed by atoms with Crippen LogP contribution in [0.25, 0.3) is 37.5 Å². The van der Waals surface area contributed by atoms with Crippen molar-refractivity contribution >= 4 is 50.9 Å². The molecule has 7 nitrogen and oxygen atoms in total. The Balaban J connectivity index is 1.52. The number of aromatic nitrogens is 2. The first kappa shape index (κ1) is 31.1. The maximum Gasteiger partial charge on any atom is 0.339 e. The molecule has 0 amide bonds. The average Bonchev–Trinajstić information content (AvgIpc) is 3.58. The molecule has 0 bridgehead atoms. The molecule has 2 aromatic heterocycles. The fourth-order valence-corrected chi connectivity index (χ4v) is 7.02. The highest BCUT2D eigenvalue weighted by Crippen LogP contribution is 2.45. The Kier molecular flexibility index (Phi) is 8.37. The normalized spacial score (nSPS) is 18.3. The first-order valence-electron chi connectivity index (χ1n) is 14.8. The fourth-order valence-electron chi connectivity index (χ4n) is 5.75. The average molecular weight is 645 g/mol. The van der Waals surface area contributed by atoms with Crippen LogP contribution < -0.4 is 0 Å². The van der Waals surface area contributed by atoms with Crippen LogP contribution in [0.5, 0.6) is 0 Å². The van der Waals surface area contributed by atoms with E-state index in [1.165, 1.54) is 17.5 Å². The van der Waals surface area contributed by atoms with Crippen molar-refractivity contribution in [1.82, 2.24) is 15.0 Å². The van der Waals surface area contributed by atoms with Gasteiger partial charge in [-0.2, -0.15) is 5.10 Å². The van der Waals surface area contributed by atoms with Crippen molar-refractivity contribution in [3.05, 3.63) is 88.5 Å². The molecule has 0 fully saturated rings. The van der Waals surface area contributed by atoms with Crippen LogP contribution in [-0.2, 0) is 14.3 Å². The SMILES string of the molecule is CCOC(=O)[C@@H](OC(C)(C)C)c1c(C)cc2nc(-c3cc(C4=CC5C=NN(C)C5C=C4)ncc3F)sc2c1-c1ccc(Cl)cc1. The van der Waals surface area contributed by atoms with Crippen LogP contribution in [0.15, 0.2) is 65.9 Å². The zero-order valence-electron chi connectivity index (χ0n) is 26.0. The quantitative estimate of drug-likeness (QED) is 0.188. The molecule has 0 spiro atoms. The van der Waals surface area contributed by atoms with Gasteiger partial charge in [0.25, 0.3) is 0 Å². The monoisotopic (exact) mass is 644 g/mol. The summed E-state index contributed by atoms with van der Waals surface area (Å²) >= 11 is 7.63. The number of pyridine rings is 1. The third-order valence-electron chi connectivity index (χ3n) is 7.77. The summed E-state index contributed by atoms with van der Waals surface area (Å²) in [5.74, 6) is -0.823. The largest absolute Gasteiger partial charge is 0.464 e. The van der Waals surface area contributed by atoms with Gasteiger partial charge >= 0.3 is 5.97 Å². The Morgan fingerprint density at radius 3 is 2.67 bits per heavy atom. The number of thiazole rings is 1. The van der Waals surface area contributed by atoms with Crippen molar-refractivity contribution in [2.45, 2.75) is 52.4 Å². The molecule has 45 heavy (non-hydrogen) atoms. The number of carbonyl (C=O) groups is 1. The summed E-state index contributed by atoms with van der Waals surface area (Å²) in [5.41, 5.74) is 5.03. The summed E-state index contributed by atoms with van der Waals surface area (Å²) in [6.07, 6.45) is 8.38.